The molecule has 3 N–H and O–H groups in total. The van der Waals surface area contributed by atoms with Gasteiger partial charge in [-0.15, -0.1) is 0 Å². The zero-order valence-electron chi connectivity index (χ0n) is 24.9. The highest BCUT2D eigenvalue weighted by molar-refractivity contribution is 9.09. The van der Waals surface area contributed by atoms with E-state index >= 15 is 0 Å². The summed E-state index contributed by atoms with van der Waals surface area (Å²) >= 11 is 3.80. The Morgan fingerprint density at radius 1 is 0.789 bits per heavy atom. The highest BCUT2D eigenvalue weighted by atomic mass is 79.9. The molecule has 4 aliphatic rings. The third kappa shape index (κ3) is 6.18. The van der Waals surface area contributed by atoms with Crippen LogP contribution in [0.4, 0.5) is 0 Å². The van der Waals surface area contributed by atoms with E-state index < -0.39 is 22.9 Å². The zero-order valence-corrected chi connectivity index (χ0v) is 26.5. The van der Waals surface area contributed by atoms with E-state index in [0.717, 1.165) is 51.4 Å². The van der Waals surface area contributed by atoms with E-state index in [-0.39, 0.29) is 41.2 Å². The molecule has 0 spiro atoms. The van der Waals surface area contributed by atoms with Crippen LogP contribution in [0.5, 0.6) is 0 Å². The van der Waals surface area contributed by atoms with Gasteiger partial charge in [0.05, 0.1) is 64.1 Å². The molecule has 10 atom stereocenters. The summed E-state index contributed by atoms with van der Waals surface area (Å²) in [6.07, 6.45) is 6.61. The molecule has 0 amide bonds. The number of ether oxygens (including phenoxy) is 4. The molecule has 4 aliphatic heterocycles. The highest BCUT2D eigenvalue weighted by Gasteiger charge is 2.57. The van der Waals surface area contributed by atoms with Gasteiger partial charge in [0.2, 0.25) is 0 Å². The first-order chi connectivity index (χ1) is 17.3. The van der Waals surface area contributed by atoms with Crippen LogP contribution >= 0.6 is 15.9 Å². The molecule has 0 bridgehead atoms. The Morgan fingerprint density at radius 3 is 1.97 bits per heavy atom. The third-order valence-corrected chi connectivity index (χ3v) is 11.8. The monoisotopic (exact) mass is 604 g/mol. The second-order valence-corrected chi connectivity index (χ2v) is 15.8. The van der Waals surface area contributed by atoms with E-state index in [1.165, 1.54) is 0 Å². The maximum atomic E-state index is 11.2. The molecule has 4 rings (SSSR count). The summed E-state index contributed by atoms with van der Waals surface area (Å²) in [7, 11) is 0. The van der Waals surface area contributed by atoms with Crippen LogP contribution in [0.2, 0.25) is 0 Å². The Balaban J connectivity index is 1.36. The van der Waals surface area contributed by atoms with Crippen molar-refractivity contribution < 1.29 is 34.3 Å². The van der Waals surface area contributed by atoms with Gasteiger partial charge in [-0.3, -0.25) is 0 Å². The Labute approximate surface area is 238 Å². The lowest BCUT2D eigenvalue weighted by atomic mass is 9.75. The zero-order chi connectivity index (χ0) is 28.4. The minimum absolute atomic E-state index is 0.0231. The maximum absolute atomic E-state index is 11.2. The SMILES string of the molecule is CC(C)(O)[C@@H](O)CC[C@](C)(O)[C@H]1CC[C@@](C)([C@H]2CC[C@H]3O[C@@H]([C@]4(C)CC[C@@H](Br)C(C)(C)O4)CC[C@]3(C)O2)O1. The molecular weight excluding hydrogens is 552 g/mol. The molecular formula is C30H53BrO7. The topological polar surface area (TPSA) is 97.6 Å². The lowest BCUT2D eigenvalue weighted by Crippen LogP contribution is -2.63. The van der Waals surface area contributed by atoms with E-state index in [2.05, 4.69) is 50.5 Å². The summed E-state index contributed by atoms with van der Waals surface area (Å²) in [5.74, 6) is 0. The van der Waals surface area contributed by atoms with Gasteiger partial charge in [-0.2, -0.15) is 0 Å². The molecule has 0 saturated carbocycles. The van der Waals surface area contributed by atoms with E-state index in [1.54, 1.807) is 20.8 Å². The van der Waals surface area contributed by atoms with E-state index in [9.17, 15) is 15.3 Å². The van der Waals surface area contributed by atoms with E-state index in [0.29, 0.717) is 17.7 Å². The number of fused-ring (bicyclic) bond motifs is 1. The smallest absolute Gasteiger partial charge is 0.0923 e. The fourth-order valence-corrected chi connectivity index (χ4v) is 7.57. The first-order valence-corrected chi connectivity index (χ1v) is 15.7. The number of aliphatic hydroxyl groups is 3. The molecule has 4 saturated heterocycles. The number of aliphatic hydroxyl groups excluding tert-OH is 1. The minimum Gasteiger partial charge on any atom is -0.390 e. The quantitative estimate of drug-likeness (QED) is 0.344. The number of rotatable bonds is 7. The van der Waals surface area contributed by atoms with Crippen molar-refractivity contribution >= 4 is 15.9 Å². The average molecular weight is 606 g/mol. The molecule has 8 heteroatoms. The van der Waals surface area contributed by atoms with Crippen molar-refractivity contribution in [1.29, 1.82) is 0 Å². The van der Waals surface area contributed by atoms with Crippen molar-refractivity contribution in [2.24, 2.45) is 0 Å². The van der Waals surface area contributed by atoms with Crippen molar-refractivity contribution in [3.8, 4) is 0 Å². The van der Waals surface area contributed by atoms with Gasteiger partial charge in [0.1, 0.15) is 0 Å². The largest absolute Gasteiger partial charge is 0.390 e. The van der Waals surface area contributed by atoms with Crippen LogP contribution in [0, 0.1) is 0 Å². The first-order valence-electron chi connectivity index (χ1n) is 14.8. The number of hydrogen-bond acceptors (Lipinski definition) is 7. The predicted octanol–water partition coefficient (Wildman–Crippen LogP) is 5.18. The van der Waals surface area contributed by atoms with E-state index in [1.807, 2.05) is 0 Å². The summed E-state index contributed by atoms with van der Waals surface area (Å²) < 4.78 is 26.8. The van der Waals surface area contributed by atoms with Crippen molar-refractivity contribution in [2.45, 2.75) is 189 Å². The summed E-state index contributed by atoms with van der Waals surface area (Å²) in [5, 5.41) is 31.5. The standard InChI is InChI=1S/C30H53BrO7/c1-25(2,33)20(32)12-15-27(5,34)21-13-17-29(7,36-21)24-10-9-22-28(6,37-24)18-14-23(35-22)30(8)16-11-19(31)26(3,4)38-30/h19-24,32-34H,9-18H2,1-8H3/t19-,20+,21-,22-,23-,24-,27+,28+,29+,30+/m1/s1. The summed E-state index contributed by atoms with van der Waals surface area (Å²) in [6.45, 7) is 15.8. The minimum atomic E-state index is -1.20. The number of alkyl halides is 1. The van der Waals surface area contributed by atoms with Crippen LogP contribution in [0.15, 0.2) is 0 Å². The van der Waals surface area contributed by atoms with Crippen molar-refractivity contribution in [3.63, 3.8) is 0 Å². The second-order valence-electron chi connectivity index (χ2n) is 14.7. The molecule has 4 fully saturated rings. The molecule has 0 aromatic rings. The lowest BCUT2D eigenvalue weighted by Gasteiger charge is -2.56. The first kappa shape index (κ1) is 31.1. The summed E-state index contributed by atoms with van der Waals surface area (Å²) in [4.78, 5) is 0.346. The second kappa shape index (κ2) is 10.5. The molecule has 0 unspecified atom stereocenters. The van der Waals surface area contributed by atoms with Gasteiger partial charge in [-0.05, 0) is 120 Å². The number of halogens is 1. The molecule has 0 aliphatic carbocycles. The molecule has 222 valence electrons. The molecule has 38 heavy (non-hydrogen) atoms. The molecule has 0 radical (unpaired) electrons. The van der Waals surface area contributed by atoms with Crippen LogP contribution < -0.4 is 0 Å². The van der Waals surface area contributed by atoms with Gasteiger partial charge in [-0.25, -0.2) is 0 Å². The average Bonchev–Trinajstić information content (AvgIpc) is 3.22. The molecule has 0 aromatic carbocycles. The van der Waals surface area contributed by atoms with Crippen LogP contribution in [0.1, 0.15) is 120 Å². The Hall–Kier alpha value is 0.200. The lowest BCUT2D eigenvalue weighted by molar-refractivity contribution is -0.304. The van der Waals surface area contributed by atoms with Crippen molar-refractivity contribution in [2.75, 3.05) is 0 Å². The van der Waals surface area contributed by atoms with Gasteiger partial charge in [0, 0.05) is 4.83 Å². The van der Waals surface area contributed by atoms with Crippen LogP contribution in [-0.4, -0.2) is 84.3 Å². The third-order valence-electron chi connectivity index (χ3n) is 10.3. The fourth-order valence-electron chi connectivity index (χ4n) is 7.24. The van der Waals surface area contributed by atoms with Gasteiger partial charge >= 0.3 is 0 Å². The molecule has 0 aromatic heterocycles. The molecule has 4 heterocycles. The Morgan fingerprint density at radius 2 is 1.34 bits per heavy atom. The Kier molecular flexibility index (Phi) is 8.59. The summed E-state index contributed by atoms with van der Waals surface area (Å²) in [5.41, 5.74) is -3.68. The van der Waals surface area contributed by atoms with Crippen LogP contribution in [-0.2, 0) is 18.9 Å². The van der Waals surface area contributed by atoms with Gasteiger partial charge < -0.3 is 34.3 Å². The fraction of sp³-hybridized carbons (Fsp3) is 1.00. The van der Waals surface area contributed by atoms with Gasteiger partial charge in [-0.1, -0.05) is 15.9 Å². The highest BCUT2D eigenvalue weighted by Crippen LogP contribution is 2.50. The van der Waals surface area contributed by atoms with Crippen molar-refractivity contribution in [3.05, 3.63) is 0 Å². The van der Waals surface area contributed by atoms with Crippen LogP contribution in [0.3, 0.4) is 0 Å². The molecule has 7 nitrogen and oxygen atoms in total. The predicted molar refractivity (Wildman–Crippen MR) is 151 cm³/mol. The summed E-state index contributed by atoms with van der Waals surface area (Å²) in [6, 6.07) is 0. The maximum Gasteiger partial charge on any atom is 0.0923 e. The normalized spacial score (nSPS) is 46.3. The number of hydrogen-bond donors (Lipinski definition) is 3. The van der Waals surface area contributed by atoms with Gasteiger partial charge in [0.15, 0.2) is 0 Å². The van der Waals surface area contributed by atoms with Crippen LogP contribution in [0.25, 0.3) is 0 Å². The van der Waals surface area contributed by atoms with E-state index in [4.69, 9.17) is 18.9 Å². The Bertz CT molecular complexity index is 843. The van der Waals surface area contributed by atoms with Crippen molar-refractivity contribution in [1.82, 2.24) is 0 Å². The van der Waals surface area contributed by atoms with Gasteiger partial charge in [0.25, 0.3) is 0 Å².